The Morgan fingerprint density at radius 1 is 1.90 bits per heavy atom. The van der Waals surface area contributed by atoms with Crippen molar-refractivity contribution in [2.75, 3.05) is 6.61 Å². The summed E-state index contributed by atoms with van der Waals surface area (Å²) in [6.07, 6.45) is 1.68. The maximum absolute atomic E-state index is 8.81. The lowest BCUT2D eigenvalue weighted by atomic mass is 10.1. The maximum atomic E-state index is 8.81. The molecule has 0 aliphatic carbocycles. The molecule has 0 aliphatic rings. The smallest absolute Gasteiger partial charge is 0.114 e. The van der Waals surface area contributed by atoms with Crippen molar-refractivity contribution in [2.45, 2.75) is 12.5 Å². The van der Waals surface area contributed by atoms with Crippen LogP contribution in [0.5, 0.6) is 0 Å². The average molecular weight is 158 g/mol. The first-order valence-corrected chi connectivity index (χ1v) is 3.84. The fourth-order valence-corrected chi connectivity index (χ4v) is 1.28. The molecule has 0 bridgehead atoms. The van der Waals surface area contributed by atoms with Crippen LogP contribution in [-0.4, -0.2) is 16.7 Å². The lowest BCUT2D eigenvalue weighted by Crippen LogP contribution is -2.36. The second-order valence-corrected chi connectivity index (χ2v) is 3.31. The number of nitrogens with zero attached hydrogens (tertiary/aromatic N) is 1. The maximum Gasteiger partial charge on any atom is 0.114 e. The molecule has 0 saturated carbocycles. The molecule has 3 N–H and O–H groups in total. The number of rotatable bonds is 2. The Balaban J connectivity index is 2.85. The number of hydrogen-bond acceptors (Lipinski definition) is 4. The van der Waals surface area contributed by atoms with Gasteiger partial charge in [0.1, 0.15) is 5.01 Å². The van der Waals surface area contributed by atoms with Crippen LogP contribution in [0.15, 0.2) is 11.6 Å². The summed E-state index contributed by atoms with van der Waals surface area (Å²) in [7, 11) is 0. The van der Waals surface area contributed by atoms with E-state index in [9.17, 15) is 0 Å². The predicted octanol–water partition coefficient (Wildman–Crippen LogP) is 0.309. The van der Waals surface area contributed by atoms with Crippen molar-refractivity contribution in [1.82, 2.24) is 4.98 Å². The zero-order chi connectivity index (χ0) is 7.61. The minimum absolute atomic E-state index is 0.0689. The van der Waals surface area contributed by atoms with Gasteiger partial charge in [-0.15, -0.1) is 11.3 Å². The Morgan fingerprint density at radius 2 is 2.60 bits per heavy atom. The standard InChI is InChI=1S/C6H10N2OS/c1-6(7,4-9)5-8-2-3-10-5/h2-3,9H,4,7H2,1H3. The van der Waals surface area contributed by atoms with E-state index >= 15 is 0 Å². The van der Waals surface area contributed by atoms with Crippen molar-refractivity contribution in [3.8, 4) is 0 Å². The van der Waals surface area contributed by atoms with E-state index in [1.165, 1.54) is 11.3 Å². The molecular formula is C6H10N2OS. The molecule has 0 aliphatic heterocycles. The van der Waals surface area contributed by atoms with Crippen molar-refractivity contribution in [1.29, 1.82) is 0 Å². The molecule has 0 spiro atoms. The highest BCUT2D eigenvalue weighted by Gasteiger charge is 2.22. The van der Waals surface area contributed by atoms with E-state index in [-0.39, 0.29) is 6.61 Å². The van der Waals surface area contributed by atoms with Crippen LogP contribution in [0.25, 0.3) is 0 Å². The van der Waals surface area contributed by atoms with Gasteiger partial charge in [0.15, 0.2) is 0 Å². The Bertz CT molecular complexity index is 196. The molecule has 1 aromatic heterocycles. The molecule has 4 heteroatoms. The highest BCUT2D eigenvalue weighted by Crippen LogP contribution is 2.18. The van der Waals surface area contributed by atoms with Crippen LogP contribution in [0.3, 0.4) is 0 Å². The van der Waals surface area contributed by atoms with Gasteiger partial charge >= 0.3 is 0 Å². The third-order valence-electron chi connectivity index (χ3n) is 1.25. The molecule has 3 nitrogen and oxygen atoms in total. The molecule has 1 heterocycles. The van der Waals surface area contributed by atoms with Crippen LogP contribution < -0.4 is 5.73 Å². The molecule has 0 radical (unpaired) electrons. The highest BCUT2D eigenvalue weighted by molar-refractivity contribution is 7.09. The van der Waals surface area contributed by atoms with Gasteiger partial charge in [0.05, 0.1) is 12.1 Å². The number of nitrogens with two attached hydrogens (primary N) is 1. The summed E-state index contributed by atoms with van der Waals surface area (Å²) in [5.41, 5.74) is 5.01. The quantitative estimate of drug-likeness (QED) is 0.651. The van der Waals surface area contributed by atoms with E-state index < -0.39 is 5.54 Å². The van der Waals surface area contributed by atoms with Gasteiger partial charge in [0.25, 0.3) is 0 Å². The number of hydrogen-bond donors (Lipinski definition) is 2. The zero-order valence-corrected chi connectivity index (χ0v) is 6.56. The van der Waals surface area contributed by atoms with E-state index in [4.69, 9.17) is 10.8 Å². The largest absolute Gasteiger partial charge is 0.394 e. The molecule has 1 rings (SSSR count). The minimum Gasteiger partial charge on any atom is -0.394 e. The van der Waals surface area contributed by atoms with Crippen molar-refractivity contribution in [3.63, 3.8) is 0 Å². The highest BCUT2D eigenvalue weighted by atomic mass is 32.1. The van der Waals surface area contributed by atoms with Gasteiger partial charge < -0.3 is 10.8 Å². The Hall–Kier alpha value is -0.450. The predicted molar refractivity (Wildman–Crippen MR) is 40.7 cm³/mol. The first-order chi connectivity index (χ1) is 4.67. The SMILES string of the molecule is CC(N)(CO)c1nccs1. The number of thiazole rings is 1. The second-order valence-electron chi connectivity index (χ2n) is 2.41. The third kappa shape index (κ3) is 1.34. The van der Waals surface area contributed by atoms with Gasteiger partial charge in [-0.05, 0) is 6.92 Å². The van der Waals surface area contributed by atoms with Gasteiger partial charge in [-0.3, -0.25) is 0 Å². The molecule has 10 heavy (non-hydrogen) atoms. The summed E-state index contributed by atoms with van der Waals surface area (Å²) in [6.45, 7) is 1.69. The monoisotopic (exact) mass is 158 g/mol. The molecule has 1 aromatic rings. The van der Waals surface area contributed by atoms with E-state index in [0.717, 1.165) is 5.01 Å². The Kier molecular flexibility index (Phi) is 2.03. The molecule has 0 saturated heterocycles. The van der Waals surface area contributed by atoms with Crippen molar-refractivity contribution >= 4 is 11.3 Å². The van der Waals surface area contributed by atoms with E-state index in [0.29, 0.717) is 0 Å². The summed E-state index contributed by atoms with van der Waals surface area (Å²) >= 11 is 1.46. The molecular weight excluding hydrogens is 148 g/mol. The molecule has 56 valence electrons. The van der Waals surface area contributed by atoms with E-state index in [1.807, 2.05) is 5.38 Å². The van der Waals surface area contributed by atoms with Gasteiger partial charge in [0.2, 0.25) is 0 Å². The summed E-state index contributed by atoms with van der Waals surface area (Å²) in [6, 6.07) is 0. The van der Waals surface area contributed by atoms with Crippen LogP contribution >= 0.6 is 11.3 Å². The first kappa shape index (κ1) is 7.65. The van der Waals surface area contributed by atoms with Crippen LogP contribution in [-0.2, 0) is 5.54 Å². The summed E-state index contributed by atoms with van der Waals surface area (Å²) in [5, 5.41) is 11.4. The Morgan fingerprint density at radius 3 is 3.00 bits per heavy atom. The summed E-state index contributed by atoms with van der Waals surface area (Å²) < 4.78 is 0. The lowest BCUT2D eigenvalue weighted by Gasteiger charge is -2.17. The van der Waals surface area contributed by atoms with Crippen LogP contribution in [0.2, 0.25) is 0 Å². The van der Waals surface area contributed by atoms with Gasteiger partial charge in [-0.25, -0.2) is 4.98 Å². The third-order valence-corrected chi connectivity index (χ3v) is 2.30. The van der Waals surface area contributed by atoms with Crippen LogP contribution in [0.4, 0.5) is 0 Å². The van der Waals surface area contributed by atoms with E-state index in [1.54, 1.807) is 13.1 Å². The fourth-order valence-electron chi connectivity index (χ4n) is 0.573. The van der Waals surface area contributed by atoms with E-state index in [2.05, 4.69) is 4.98 Å². The molecule has 0 amide bonds. The fraction of sp³-hybridized carbons (Fsp3) is 0.500. The number of aliphatic hydroxyl groups excluding tert-OH is 1. The number of aromatic nitrogens is 1. The minimum atomic E-state index is -0.672. The van der Waals surface area contributed by atoms with Crippen molar-refractivity contribution in [3.05, 3.63) is 16.6 Å². The lowest BCUT2D eigenvalue weighted by molar-refractivity contribution is 0.209. The molecule has 1 atom stereocenters. The topological polar surface area (TPSA) is 59.1 Å². The first-order valence-electron chi connectivity index (χ1n) is 2.96. The zero-order valence-electron chi connectivity index (χ0n) is 5.74. The normalized spacial score (nSPS) is 16.7. The van der Waals surface area contributed by atoms with Crippen molar-refractivity contribution in [2.24, 2.45) is 5.73 Å². The number of aliphatic hydroxyl groups is 1. The summed E-state index contributed by atoms with van der Waals surface area (Å²) in [5.74, 6) is 0. The molecule has 1 unspecified atom stereocenters. The van der Waals surface area contributed by atoms with Crippen LogP contribution in [0.1, 0.15) is 11.9 Å². The summed E-state index contributed by atoms with van der Waals surface area (Å²) in [4.78, 5) is 3.99. The molecule has 0 fully saturated rings. The Labute approximate surface area is 63.5 Å². The van der Waals surface area contributed by atoms with Crippen LogP contribution in [0, 0.1) is 0 Å². The van der Waals surface area contributed by atoms with Crippen molar-refractivity contribution < 1.29 is 5.11 Å². The second kappa shape index (κ2) is 2.65. The average Bonchev–Trinajstić information content (AvgIpc) is 2.38. The van der Waals surface area contributed by atoms with Gasteiger partial charge in [0, 0.05) is 11.6 Å². The van der Waals surface area contributed by atoms with Gasteiger partial charge in [-0.2, -0.15) is 0 Å². The molecule has 0 aromatic carbocycles. The van der Waals surface area contributed by atoms with Gasteiger partial charge in [-0.1, -0.05) is 0 Å².